The van der Waals surface area contributed by atoms with Crippen molar-refractivity contribution in [2.24, 2.45) is 0 Å². The van der Waals surface area contributed by atoms with Crippen molar-refractivity contribution in [3.05, 3.63) is 52.8 Å². The van der Waals surface area contributed by atoms with Crippen molar-refractivity contribution < 1.29 is 9.66 Å². The first-order valence-electron chi connectivity index (χ1n) is 6.44. The van der Waals surface area contributed by atoms with Crippen molar-refractivity contribution in [3.63, 3.8) is 0 Å². The Hall–Kier alpha value is -2.83. The second-order valence-corrected chi connectivity index (χ2v) is 4.23. The van der Waals surface area contributed by atoms with Gasteiger partial charge in [-0.1, -0.05) is 6.58 Å². The smallest absolute Gasteiger partial charge is 0.296 e. The fourth-order valence-electron chi connectivity index (χ4n) is 1.83. The summed E-state index contributed by atoms with van der Waals surface area (Å²) in [6.07, 6.45) is 5.04. The number of hydrogen-bond donors (Lipinski definition) is 1. The van der Waals surface area contributed by atoms with Crippen molar-refractivity contribution in [2.75, 3.05) is 11.9 Å². The molecule has 7 heteroatoms. The van der Waals surface area contributed by atoms with E-state index in [2.05, 4.69) is 17.0 Å². The Morgan fingerprint density at radius 2 is 2.38 bits per heavy atom. The zero-order chi connectivity index (χ0) is 15.2. The largest absolute Gasteiger partial charge is 0.494 e. The molecule has 1 heterocycles. The van der Waals surface area contributed by atoms with Crippen molar-refractivity contribution in [2.45, 2.75) is 13.5 Å². The van der Waals surface area contributed by atoms with Gasteiger partial charge in [0, 0.05) is 24.5 Å². The minimum atomic E-state index is -0.433. The molecule has 0 spiro atoms. The molecule has 0 fully saturated rings. The van der Waals surface area contributed by atoms with E-state index in [4.69, 9.17) is 4.74 Å². The number of anilines is 1. The highest BCUT2D eigenvalue weighted by atomic mass is 16.6. The maximum absolute atomic E-state index is 11.1. The van der Waals surface area contributed by atoms with Crippen LogP contribution in [0.1, 0.15) is 12.5 Å². The maximum atomic E-state index is 11.1. The Morgan fingerprint density at radius 3 is 3.00 bits per heavy atom. The van der Waals surface area contributed by atoms with E-state index in [-0.39, 0.29) is 5.69 Å². The highest BCUT2D eigenvalue weighted by molar-refractivity contribution is 5.64. The predicted molar refractivity (Wildman–Crippen MR) is 80.2 cm³/mol. The Kier molecular flexibility index (Phi) is 4.55. The molecule has 0 bridgehead atoms. The third-order valence-corrected chi connectivity index (χ3v) is 2.80. The molecule has 21 heavy (non-hydrogen) atoms. The van der Waals surface area contributed by atoms with E-state index in [1.165, 1.54) is 6.07 Å². The van der Waals surface area contributed by atoms with Gasteiger partial charge in [-0.3, -0.25) is 10.1 Å². The summed E-state index contributed by atoms with van der Waals surface area (Å²) in [6.45, 7) is 6.33. The van der Waals surface area contributed by atoms with Gasteiger partial charge < -0.3 is 10.1 Å². The second kappa shape index (κ2) is 6.56. The summed E-state index contributed by atoms with van der Waals surface area (Å²) in [4.78, 5) is 10.7. The number of nitrogens with one attached hydrogen (secondary N) is 1. The van der Waals surface area contributed by atoms with Gasteiger partial charge in [0.05, 0.1) is 23.8 Å². The molecular weight excluding hydrogens is 272 g/mol. The molecule has 0 unspecified atom stereocenters. The molecule has 1 N–H and O–H groups in total. The predicted octanol–water partition coefficient (Wildman–Crippen LogP) is 2.90. The van der Waals surface area contributed by atoms with E-state index in [1.807, 2.05) is 6.92 Å². The lowest BCUT2D eigenvalue weighted by atomic mass is 10.2. The fourth-order valence-corrected chi connectivity index (χ4v) is 1.83. The average molecular weight is 288 g/mol. The summed E-state index contributed by atoms with van der Waals surface area (Å²) >= 11 is 0. The Bertz CT molecular complexity index is 651. The van der Waals surface area contributed by atoms with Crippen LogP contribution in [-0.4, -0.2) is 21.3 Å². The Labute approximate surface area is 122 Å². The van der Waals surface area contributed by atoms with Crippen LogP contribution in [0.5, 0.6) is 5.75 Å². The van der Waals surface area contributed by atoms with Crippen molar-refractivity contribution in [1.29, 1.82) is 0 Å². The van der Waals surface area contributed by atoms with Crippen molar-refractivity contribution >= 4 is 17.6 Å². The van der Waals surface area contributed by atoms with Crippen molar-refractivity contribution in [1.82, 2.24) is 9.78 Å². The molecule has 0 aliphatic heterocycles. The third-order valence-electron chi connectivity index (χ3n) is 2.80. The van der Waals surface area contributed by atoms with Gasteiger partial charge in [-0.05, 0) is 19.1 Å². The maximum Gasteiger partial charge on any atom is 0.296 e. The zero-order valence-corrected chi connectivity index (χ0v) is 11.7. The number of nitro groups is 1. The lowest BCUT2D eigenvalue weighted by Crippen LogP contribution is -2.03. The molecule has 0 radical (unpaired) electrons. The van der Waals surface area contributed by atoms with Gasteiger partial charge in [-0.2, -0.15) is 5.10 Å². The second-order valence-electron chi connectivity index (χ2n) is 4.23. The topological polar surface area (TPSA) is 82.2 Å². The lowest BCUT2D eigenvalue weighted by Gasteiger charge is -2.08. The quantitative estimate of drug-likeness (QED) is 0.625. The number of nitro benzene ring substituents is 1. The van der Waals surface area contributed by atoms with Crippen molar-refractivity contribution in [3.8, 4) is 5.75 Å². The zero-order valence-electron chi connectivity index (χ0n) is 11.7. The molecule has 1 aromatic heterocycles. The van der Waals surface area contributed by atoms with E-state index < -0.39 is 4.92 Å². The molecule has 7 nitrogen and oxygen atoms in total. The van der Waals surface area contributed by atoms with Gasteiger partial charge in [0.25, 0.3) is 5.69 Å². The van der Waals surface area contributed by atoms with Crippen LogP contribution in [0.3, 0.4) is 0 Å². The van der Waals surface area contributed by atoms with Gasteiger partial charge in [0.1, 0.15) is 11.4 Å². The number of hydrogen-bond acceptors (Lipinski definition) is 5. The molecule has 0 aliphatic rings. The summed E-state index contributed by atoms with van der Waals surface area (Å²) in [5.74, 6) is 0.481. The molecule has 0 amide bonds. The molecule has 0 saturated carbocycles. The van der Waals surface area contributed by atoms with Crippen LogP contribution in [0.15, 0.2) is 37.2 Å². The molecule has 1 aromatic carbocycles. The molecule has 110 valence electrons. The Morgan fingerprint density at radius 1 is 1.57 bits per heavy atom. The molecule has 0 saturated heterocycles. The fraction of sp³-hybridized carbons (Fsp3) is 0.214. The van der Waals surface area contributed by atoms with Gasteiger partial charge in [-0.15, -0.1) is 0 Å². The monoisotopic (exact) mass is 288 g/mol. The summed E-state index contributed by atoms with van der Waals surface area (Å²) in [5.41, 5.74) is 1.32. The molecule has 2 rings (SSSR count). The molecule has 0 aliphatic carbocycles. The van der Waals surface area contributed by atoms with Crippen LogP contribution in [0, 0.1) is 10.1 Å². The minimum absolute atomic E-state index is 0.0166. The Balaban J connectivity index is 2.14. The van der Waals surface area contributed by atoms with Crippen LogP contribution in [0.25, 0.3) is 6.20 Å². The standard InChI is InChI=1S/C14H16N4O3/c1-3-17-10-11(9-16-17)8-15-13-6-5-12(21-4-2)7-14(13)18(19)20/h3,5-7,9-10,15H,1,4,8H2,2H3. The summed E-state index contributed by atoms with van der Waals surface area (Å²) < 4.78 is 6.85. The van der Waals surface area contributed by atoms with Crippen LogP contribution >= 0.6 is 0 Å². The number of aromatic nitrogens is 2. The number of nitrogens with zero attached hydrogens (tertiary/aromatic N) is 3. The van der Waals surface area contributed by atoms with Gasteiger partial charge in [0.2, 0.25) is 0 Å². The molecular formula is C14H16N4O3. The van der Waals surface area contributed by atoms with E-state index >= 15 is 0 Å². The van der Waals surface area contributed by atoms with E-state index in [0.29, 0.717) is 24.6 Å². The number of benzene rings is 1. The normalized spacial score (nSPS) is 10.1. The minimum Gasteiger partial charge on any atom is -0.494 e. The van der Waals surface area contributed by atoms with Gasteiger partial charge in [-0.25, -0.2) is 4.68 Å². The highest BCUT2D eigenvalue weighted by Gasteiger charge is 2.15. The van der Waals surface area contributed by atoms with Gasteiger partial charge >= 0.3 is 0 Å². The van der Waals surface area contributed by atoms with Gasteiger partial charge in [0.15, 0.2) is 0 Å². The summed E-state index contributed by atoms with van der Waals surface area (Å²) in [6, 6.07) is 4.76. The van der Waals surface area contributed by atoms with Crippen LogP contribution in [0.2, 0.25) is 0 Å². The number of ether oxygens (including phenoxy) is 1. The van der Waals surface area contributed by atoms with E-state index in [1.54, 1.807) is 35.4 Å². The van der Waals surface area contributed by atoms with Crippen LogP contribution < -0.4 is 10.1 Å². The third kappa shape index (κ3) is 3.59. The first-order valence-corrected chi connectivity index (χ1v) is 6.44. The highest BCUT2D eigenvalue weighted by Crippen LogP contribution is 2.29. The van der Waals surface area contributed by atoms with Crippen LogP contribution in [0.4, 0.5) is 11.4 Å². The van der Waals surface area contributed by atoms with E-state index in [0.717, 1.165) is 5.56 Å². The number of rotatable bonds is 7. The summed E-state index contributed by atoms with van der Waals surface area (Å²) in [5, 5.41) is 18.2. The average Bonchev–Trinajstić information content (AvgIpc) is 2.94. The summed E-state index contributed by atoms with van der Waals surface area (Å²) in [7, 11) is 0. The SMILES string of the molecule is C=Cn1cc(CNc2ccc(OCC)cc2[N+](=O)[O-])cn1. The molecule has 0 atom stereocenters. The first kappa shape index (κ1) is 14.6. The molecule has 2 aromatic rings. The van der Waals surface area contributed by atoms with E-state index in [9.17, 15) is 10.1 Å². The lowest BCUT2D eigenvalue weighted by molar-refractivity contribution is -0.384. The first-order chi connectivity index (χ1) is 10.1. The van der Waals surface area contributed by atoms with Crippen LogP contribution in [-0.2, 0) is 6.54 Å².